The summed E-state index contributed by atoms with van der Waals surface area (Å²) in [5, 5.41) is 3.80. The number of fused-ring (bicyclic) bond motifs is 1. The van der Waals surface area contributed by atoms with E-state index in [2.05, 4.69) is 10.0 Å². The lowest BCUT2D eigenvalue weighted by Crippen LogP contribution is -2.32. The lowest BCUT2D eigenvalue weighted by molar-refractivity contribution is 0.564. The molecule has 106 valence electrons. The van der Waals surface area contributed by atoms with Crippen LogP contribution in [0.1, 0.15) is 5.56 Å². The Hall–Kier alpha value is -0.330. The topological polar surface area (TPSA) is 58.2 Å². The van der Waals surface area contributed by atoms with Gasteiger partial charge in [0.2, 0.25) is 10.0 Å². The summed E-state index contributed by atoms with van der Waals surface area (Å²) < 4.78 is 27.3. The zero-order valence-electron chi connectivity index (χ0n) is 10.4. The molecule has 1 aromatic carbocycles. The number of rotatable bonds is 3. The fourth-order valence-electron chi connectivity index (χ4n) is 2.75. The van der Waals surface area contributed by atoms with Gasteiger partial charge in [-0.05, 0) is 55.6 Å². The van der Waals surface area contributed by atoms with Crippen LogP contribution in [0.4, 0.5) is 0 Å². The van der Waals surface area contributed by atoms with Crippen LogP contribution in [-0.2, 0) is 10.0 Å². The van der Waals surface area contributed by atoms with Crippen molar-refractivity contribution in [3.05, 3.63) is 28.8 Å². The quantitative estimate of drug-likeness (QED) is 0.888. The maximum atomic E-state index is 12.3. The number of halogens is 2. The highest BCUT2D eigenvalue weighted by Crippen LogP contribution is 2.42. The van der Waals surface area contributed by atoms with Crippen LogP contribution in [0.25, 0.3) is 0 Å². The van der Waals surface area contributed by atoms with Crippen molar-refractivity contribution in [3.8, 4) is 0 Å². The molecular weight excluding hydrogens is 307 g/mol. The van der Waals surface area contributed by atoms with Crippen LogP contribution < -0.4 is 10.0 Å². The van der Waals surface area contributed by atoms with Gasteiger partial charge in [0.05, 0.1) is 4.90 Å². The first kappa shape index (κ1) is 15.1. The maximum Gasteiger partial charge on any atom is 0.241 e. The van der Waals surface area contributed by atoms with Crippen LogP contribution in [0.5, 0.6) is 0 Å². The summed E-state index contributed by atoms with van der Waals surface area (Å²) in [5.41, 5.74) is 0.680. The lowest BCUT2D eigenvalue weighted by Gasteiger charge is -2.11. The molecule has 0 bridgehead atoms. The smallest absolute Gasteiger partial charge is 0.241 e. The van der Waals surface area contributed by atoms with Crippen molar-refractivity contribution in [2.24, 2.45) is 11.8 Å². The number of hydrogen-bond acceptors (Lipinski definition) is 3. The second-order valence-corrected chi connectivity index (χ2v) is 7.16. The molecule has 0 spiro atoms. The molecule has 0 radical (unpaired) electrons. The molecule has 7 heteroatoms. The Morgan fingerprint density at radius 3 is 2.53 bits per heavy atom. The number of benzene rings is 1. The Kier molecular flexibility index (Phi) is 4.14. The fourth-order valence-corrected chi connectivity index (χ4v) is 4.54. The van der Waals surface area contributed by atoms with Crippen molar-refractivity contribution in [3.63, 3.8) is 0 Å². The van der Waals surface area contributed by atoms with E-state index in [9.17, 15) is 8.42 Å². The van der Waals surface area contributed by atoms with E-state index in [1.807, 2.05) is 0 Å². The van der Waals surface area contributed by atoms with E-state index in [1.54, 1.807) is 25.1 Å². The molecule has 1 aliphatic heterocycles. The lowest BCUT2D eigenvalue weighted by atomic mass is 10.2. The first-order valence-electron chi connectivity index (χ1n) is 5.98. The molecule has 1 saturated carbocycles. The third-order valence-electron chi connectivity index (χ3n) is 3.81. The summed E-state index contributed by atoms with van der Waals surface area (Å²) in [6.07, 6.45) is 0. The number of piperidine rings is 1. The van der Waals surface area contributed by atoms with Crippen molar-refractivity contribution < 1.29 is 8.42 Å². The van der Waals surface area contributed by atoms with Crippen LogP contribution in [0.15, 0.2) is 23.1 Å². The van der Waals surface area contributed by atoms with Gasteiger partial charge in [-0.1, -0.05) is 11.6 Å². The minimum absolute atomic E-state index is 0. The molecule has 0 amide bonds. The monoisotopic (exact) mass is 322 g/mol. The van der Waals surface area contributed by atoms with Crippen molar-refractivity contribution in [2.75, 3.05) is 13.1 Å². The van der Waals surface area contributed by atoms with E-state index in [1.165, 1.54) is 0 Å². The van der Waals surface area contributed by atoms with Gasteiger partial charge in [0.25, 0.3) is 0 Å². The highest BCUT2D eigenvalue weighted by molar-refractivity contribution is 7.89. The molecule has 1 saturated heterocycles. The second-order valence-electron chi connectivity index (χ2n) is 5.04. The molecule has 2 aliphatic rings. The van der Waals surface area contributed by atoms with Gasteiger partial charge in [0.15, 0.2) is 0 Å². The van der Waals surface area contributed by atoms with E-state index >= 15 is 0 Å². The van der Waals surface area contributed by atoms with Gasteiger partial charge >= 0.3 is 0 Å². The van der Waals surface area contributed by atoms with Gasteiger partial charge < -0.3 is 5.32 Å². The van der Waals surface area contributed by atoms with Gasteiger partial charge in [-0.2, -0.15) is 0 Å². The normalized spacial score (nSPS) is 28.6. The standard InChI is InChI=1S/C12H15ClN2O2S.ClH/c1-7-4-8(13)2-3-11(7)18(16,17)15-12-9-5-14-6-10(9)12;/h2-4,9-10,12,14-15H,5-6H2,1H3;1H. The first-order chi connectivity index (χ1) is 8.49. The van der Waals surface area contributed by atoms with E-state index in [4.69, 9.17) is 11.6 Å². The third kappa shape index (κ3) is 2.76. The van der Waals surface area contributed by atoms with Crippen molar-refractivity contribution in [1.82, 2.24) is 10.0 Å². The molecule has 2 N–H and O–H groups in total. The van der Waals surface area contributed by atoms with Crippen molar-refractivity contribution in [1.29, 1.82) is 0 Å². The molecule has 19 heavy (non-hydrogen) atoms. The Balaban J connectivity index is 0.00000133. The van der Waals surface area contributed by atoms with Gasteiger partial charge in [0.1, 0.15) is 0 Å². The van der Waals surface area contributed by atoms with Gasteiger partial charge in [-0.3, -0.25) is 0 Å². The SMILES string of the molecule is Cc1cc(Cl)ccc1S(=O)(=O)NC1C2CNCC21.Cl. The fraction of sp³-hybridized carbons (Fsp3) is 0.500. The maximum absolute atomic E-state index is 12.3. The Bertz CT molecular complexity index is 581. The Morgan fingerprint density at radius 1 is 1.32 bits per heavy atom. The molecule has 1 aliphatic carbocycles. The number of nitrogens with one attached hydrogen (secondary N) is 2. The van der Waals surface area contributed by atoms with Crippen molar-refractivity contribution in [2.45, 2.75) is 17.9 Å². The summed E-state index contributed by atoms with van der Waals surface area (Å²) in [6.45, 7) is 3.59. The van der Waals surface area contributed by atoms with Crippen LogP contribution >= 0.6 is 24.0 Å². The average Bonchev–Trinajstić information content (AvgIpc) is 2.74. The summed E-state index contributed by atoms with van der Waals surface area (Å²) >= 11 is 5.84. The molecule has 1 heterocycles. The molecule has 3 rings (SSSR count). The number of hydrogen-bond donors (Lipinski definition) is 2. The van der Waals surface area contributed by atoms with E-state index in [0.29, 0.717) is 27.3 Å². The largest absolute Gasteiger partial charge is 0.316 e. The minimum Gasteiger partial charge on any atom is -0.316 e. The zero-order valence-corrected chi connectivity index (χ0v) is 12.8. The number of sulfonamides is 1. The van der Waals surface area contributed by atoms with Crippen molar-refractivity contribution >= 4 is 34.0 Å². The molecule has 1 aromatic rings. The third-order valence-corrected chi connectivity index (χ3v) is 5.66. The average molecular weight is 323 g/mol. The summed E-state index contributed by atoms with van der Waals surface area (Å²) in [6, 6.07) is 4.95. The molecule has 4 nitrogen and oxygen atoms in total. The van der Waals surface area contributed by atoms with Crippen LogP contribution in [-0.4, -0.2) is 27.5 Å². The van der Waals surface area contributed by atoms with Crippen LogP contribution in [0.2, 0.25) is 5.02 Å². The summed E-state index contributed by atoms with van der Waals surface area (Å²) in [5.74, 6) is 0.930. The molecule has 2 fully saturated rings. The van der Waals surface area contributed by atoms with E-state index < -0.39 is 10.0 Å². The highest BCUT2D eigenvalue weighted by Gasteiger charge is 2.54. The van der Waals surface area contributed by atoms with E-state index in [0.717, 1.165) is 13.1 Å². The predicted molar refractivity (Wildman–Crippen MR) is 77.4 cm³/mol. The summed E-state index contributed by atoms with van der Waals surface area (Å²) in [4.78, 5) is 0.324. The Morgan fingerprint density at radius 2 is 1.95 bits per heavy atom. The van der Waals surface area contributed by atoms with E-state index in [-0.39, 0.29) is 18.4 Å². The Labute approximate surface area is 124 Å². The van der Waals surface area contributed by atoms with Gasteiger partial charge in [0, 0.05) is 11.1 Å². The highest BCUT2D eigenvalue weighted by atomic mass is 35.5. The molecule has 0 aromatic heterocycles. The predicted octanol–water partition coefficient (Wildman–Crippen LogP) is 1.57. The van der Waals surface area contributed by atoms with Gasteiger partial charge in [-0.25, -0.2) is 13.1 Å². The summed E-state index contributed by atoms with van der Waals surface area (Å²) in [7, 11) is -3.42. The second kappa shape index (κ2) is 5.22. The minimum atomic E-state index is -3.42. The van der Waals surface area contributed by atoms with Crippen LogP contribution in [0.3, 0.4) is 0 Å². The van der Waals surface area contributed by atoms with Crippen LogP contribution in [0, 0.1) is 18.8 Å². The van der Waals surface area contributed by atoms with Gasteiger partial charge in [-0.15, -0.1) is 12.4 Å². The molecular formula is C12H16Cl2N2O2S. The molecule has 2 atom stereocenters. The first-order valence-corrected chi connectivity index (χ1v) is 7.84. The zero-order chi connectivity index (χ0) is 12.9. The number of aryl methyl sites for hydroxylation is 1. The molecule has 2 unspecified atom stereocenters.